The van der Waals surface area contributed by atoms with Crippen LogP contribution in [0.15, 0.2) is 30.5 Å². The summed E-state index contributed by atoms with van der Waals surface area (Å²) in [5.41, 5.74) is 2.40. The molecule has 3 heterocycles. The maximum absolute atomic E-state index is 13.1. The maximum atomic E-state index is 13.1. The first kappa shape index (κ1) is 19.7. The number of carbonyl (C=O) groups is 1. The first-order valence-electron chi connectivity index (χ1n) is 10.6. The van der Waals surface area contributed by atoms with Crippen LogP contribution in [0.2, 0.25) is 0 Å². The van der Waals surface area contributed by atoms with Crippen LogP contribution in [0.25, 0.3) is 10.9 Å². The molecular weight excluding hydrogens is 362 g/mol. The fourth-order valence-corrected chi connectivity index (χ4v) is 4.76. The fourth-order valence-electron chi connectivity index (χ4n) is 4.76. The van der Waals surface area contributed by atoms with Gasteiger partial charge < -0.3 is 15.1 Å². The second-order valence-corrected chi connectivity index (χ2v) is 8.41. The highest BCUT2D eigenvalue weighted by Gasteiger charge is 2.38. The van der Waals surface area contributed by atoms with Crippen molar-refractivity contribution in [1.82, 2.24) is 15.2 Å². The van der Waals surface area contributed by atoms with Crippen LogP contribution >= 0.6 is 0 Å². The van der Waals surface area contributed by atoms with Crippen molar-refractivity contribution in [3.63, 3.8) is 0 Å². The number of hydrogen-bond donors (Lipinski definition) is 1. The van der Waals surface area contributed by atoms with Gasteiger partial charge in [-0.25, -0.2) is 0 Å². The summed E-state index contributed by atoms with van der Waals surface area (Å²) in [5.74, 6) is 0.538. The van der Waals surface area contributed by atoms with Gasteiger partial charge >= 0.3 is 0 Å². The molecule has 2 aliphatic rings. The molecular formula is C23H29N5O. The molecule has 6 nitrogen and oxygen atoms in total. The molecule has 29 heavy (non-hydrogen) atoms. The van der Waals surface area contributed by atoms with Gasteiger partial charge in [0.15, 0.2) is 0 Å². The topological polar surface area (TPSA) is 72.3 Å². The van der Waals surface area contributed by atoms with E-state index in [1.54, 1.807) is 6.20 Å². The van der Waals surface area contributed by atoms with Gasteiger partial charge in [0.1, 0.15) is 6.07 Å². The van der Waals surface area contributed by atoms with E-state index in [4.69, 9.17) is 0 Å². The summed E-state index contributed by atoms with van der Waals surface area (Å²) in [6, 6.07) is 10.3. The molecule has 6 heteroatoms. The number of piperidine rings is 1. The van der Waals surface area contributed by atoms with Crippen molar-refractivity contribution < 1.29 is 4.79 Å². The van der Waals surface area contributed by atoms with Gasteiger partial charge in [-0.15, -0.1) is 0 Å². The molecule has 0 saturated carbocycles. The van der Waals surface area contributed by atoms with Crippen molar-refractivity contribution in [3.8, 4) is 6.07 Å². The summed E-state index contributed by atoms with van der Waals surface area (Å²) < 4.78 is 0. The highest BCUT2D eigenvalue weighted by molar-refractivity contribution is 5.95. The van der Waals surface area contributed by atoms with Gasteiger partial charge in [0.25, 0.3) is 0 Å². The average Bonchev–Trinajstić information content (AvgIpc) is 3.19. The minimum Gasteiger partial charge on any atom is -0.370 e. The average molecular weight is 392 g/mol. The third kappa shape index (κ3) is 3.92. The smallest absolute Gasteiger partial charge is 0.225 e. The molecule has 0 aliphatic carbocycles. The molecule has 1 aromatic heterocycles. The first-order valence-corrected chi connectivity index (χ1v) is 10.6. The number of anilines is 1. The van der Waals surface area contributed by atoms with E-state index in [1.807, 2.05) is 24.3 Å². The predicted octanol–water partition coefficient (Wildman–Crippen LogP) is 2.78. The van der Waals surface area contributed by atoms with Gasteiger partial charge in [-0.3, -0.25) is 9.78 Å². The number of benzene rings is 1. The van der Waals surface area contributed by atoms with Crippen molar-refractivity contribution in [2.24, 2.45) is 11.8 Å². The number of rotatable bonds is 4. The standard InChI is InChI=1S/C23H29N5O/c1-3-16-14-28(15-20(16)23(29)26-18-8-11-27(2)12-9-18)21-7-6-17(13-24)22-19(21)5-4-10-25-22/h4-7,10,16,18,20H,3,8-9,11-12,14-15H2,1-2H3,(H,26,29)/t16-,20-/m1/s1. The van der Waals surface area contributed by atoms with Gasteiger partial charge in [0.2, 0.25) is 5.91 Å². The fraction of sp³-hybridized carbons (Fsp3) is 0.522. The van der Waals surface area contributed by atoms with E-state index >= 15 is 0 Å². The third-order valence-electron chi connectivity index (χ3n) is 6.57. The molecule has 2 aliphatic heterocycles. The molecule has 4 rings (SSSR count). The summed E-state index contributed by atoms with van der Waals surface area (Å²) in [7, 11) is 2.14. The molecule has 0 spiro atoms. The zero-order chi connectivity index (χ0) is 20.4. The second kappa shape index (κ2) is 8.38. The number of aromatic nitrogens is 1. The van der Waals surface area contributed by atoms with Gasteiger partial charge in [-0.2, -0.15) is 5.26 Å². The lowest BCUT2D eigenvalue weighted by Gasteiger charge is -2.30. The van der Waals surface area contributed by atoms with Gasteiger partial charge in [-0.05, 0) is 63.2 Å². The maximum Gasteiger partial charge on any atom is 0.225 e. The minimum atomic E-state index is 0.00187. The molecule has 2 atom stereocenters. The Bertz CT molecular complexity index is 929. The van der Waals surface area contributed by atoms with E-state index < -0.39 is 0 Å². The Morgan fingerprint density at radius 3 is 2.79 bits per heavy atom. The van der Waals surface area contributed by atoms with E-state index in [9.17, 15) is 10.1 Å². The van der Waals surface area contributed by atoms with Crippen LogP contribution in [0.4, 0.5) is 5.69 Å². The van der Waals surface area contributed by atoms with Crippen LogP contribution in [0.3, 0.4) is 0 Å². The lowest BCUT2D eigenvalue weighted by Crippen LogP contribution is -2.46. The van der Waals surface area contributed by atoms with Gasteiger partial charge in [0, 0.05) is 36.4 Å². The Kier molecular flexibility index (Phi) is 5.68. The number of carbonyl (C=O) groups excluding carboxylic acids is 1. The van der Waals surface area contributed by atoms with Gasteiger partial charge in [-0.1, -0.05) is 13.3 Å². The number of fused-ring (bicyclic) bond motifs is 1. The number of amides is 1. The van der Waals surface area contributed by atoms with Crippen molar-refractivity contribution in [2.75, 3.05) is 38.1 Å². The molecule has 1 amide bonds. The summed E-state index contributed by atoms with van der Waals surface area (Å²) in [5, 5.41) is 13.7. The lowest BCUT2D eigenvalue weighted by atomic mass is 9.92. The predicted molar refractivity (Wildman–Crippen MR) is 115 cm³/mol. The Morgan fingerprint density at radius 1 is 1.28 bits per heavy atom. The quantitative estimate of drug-likeness (QED) is 0.868. The van der Waals surface area contributed by atoms with Gasteiger partial charge in [0.05, 0.1) is 17.0 Å². The van der Waals surface area contributed by atoms with E-state index in [0.717, 1.165) is 55.5 Å². The number of pyridine rings is 1. The van der Waals surface area contributed by atoms with Crippen LogP contribution < -0.4 is 10.2 Å². The first-order chi connectivity index (χ1) is 14.1. The summed E-state index contributed by atoms with van der Waals surface area (Å²) in [6.45, 7) is 5.83. The van der Waals surface area contributed by atoms with Crippen LogP contribution in [-0.4, -0.2) is 55.1 Å². The normalized spacial score (nSPS) is 23.3. The van der Waals surface area contributed by atoms with Crippen LogP contribution in [0.5, 0.6) is 0 Å². The summed E-state index contributed by atoms with van der Waals surface area (Å²) >= 11 is 0. The highest BCUT2D eigenvalue weighted by Crippen LogP contribution is 2.35. The molecule has 1 aromatic carbocycles. The molecule has 0 radical (unpaired) electrons. The van der Waals surface area contributed by atoms with E-state index in [1.165, 1.54) is 0 Å². The molecule has 2 saturated heterocycles. The highest BCUT2D eigenvalue weighted by atomic mass is 16.2. The third-order valence-corrected chi connectivity index (χ3v) is 6.57. The molecule has 2 aromatic rings. The second-order valence-electron chi connectivity index (χ2n) is 8.41. The van der Waals surface area contributed by atoms with Crippen LogP contribution in [0, 0.1) is 23.2 Å². The zero-order valence-electron chi connectivity index (χ0n) is 17.3. The SMILES string of the molecule is CC[C@@H]1CN(c2ccc(C#N)c3ncccc23)C[C@H]1C(=O)NC1CCN(C)CC1. The number of hydrogen-bond acceptors (Lipinski definition) is 5. The molecule has 0 bridgehead atoms. The Hall–Kier alpha value is -2.65. The molecule has 1 N–H and O–H groups in total. The molecule has 152 valence electrons. The number of nitriles is 1. The van der Waals surface area contributed by atoms with Crippen molar-refractivity contribution >= 4 is 22.5 Å². The lowest BCUT2D eigenvalue weighted by molar-refractivity contribution is -0.126. The van der Waals surface area contributed by atoms with E-state index in [0.29, 0.717) is 24.1 Å². The summed E-state index contributed by atoms with van der Waals surface area (Å²) in [4.78, 5) is 22.1. The minimum absolute atomic E-state index is 0.00187. The van der Waals surface area contributed by atoms with Crippen LogP contribution in [-0.2, 0) is 4.79 Å². The number of nitrogens with one attached hydrogen (secondary N) is 1. The molecule has 2 fully saturated rings. The van der Waals surface area contributed by atoms with E-state index in [-0.39, 0.29) is 11.8 Å². The Balaban J connectivity index is 1.53. The molecule has 0 unspecified atom stereocenters. The monoisotopic (exact) mass is 391 g/mol. The number of nitrogens with zero attached hydrogens (tertiary/aromatic N) is 4. The Morgan fingerprint density at radius 2 is 2.07 bits per heavy atom. The largest absolute Gasteiger partial charge is 0.370 e. The van der Waals surface area contributed by atoms with Crippen molar-refractivity contribution in [2.45, 2.75) is 32.2 Å². The Labute approximate surface area is 172 Å². The number of likely N-dealkylation sites (tertiary alicyclic amines) is 1. The van der Waals surface area contributed by atoms with Crippen molar-refractivity contribution in [3.05, 3.63) is 36.0 Å². The van der Waals surface area contributed by atoms with Crippen molar-refractivity contribution in [1.29, 1.82) is 5.26 Å². The van der Waals surface area contributed by atoms with E-state index in [2.05, 4.69) is 40.1 Å². The summed E-state index contributed by atoms with van der Waals surface area (Å²) in [6.07, 6.45) is 4.76. The van der Waals surface area contributed by atoms with Crippen LogP contribution in [0.1, 0.15) is 31.7 Å². The zero-order valence-corrected chi connectivity index (χ0v) is 17.3.